The number of nitrogens with one attached hydrogen (secondary N) is 4. The van der Waals surface area contributed by atoms with Crippen molar-refractivity contribution in [3.63, 3.8) is 0 Å². The van der Waals surface area contributed by atoms with Gasteiger partial charge in [0.25, 0.3) is 0 Å². The first-order valence-electron chi connectivity index (χ1n) is 15.9. The predicted octanol–water partition coefficient (Wildman–Crippen LogP) is 6.57. The summed E-state index contributed by atoms with van der Waals surface area (Å²) in [6, 6.07) is 11.4. The number of rotatable bonds is 10. The molecule has 6 rings (SSSR count). The summed E-state index contributed by atoms with van der Waals surface area (Å²) in [6.07, 6.45) is 0.910. The Morgan fingerprint density at radius 3 is 1.76 bits per heavy atom. The number of nitrogens with zero attached hydrogens (tertiary/aromatic N) is 4. The van der Waals surface area contributed by atoms with E-state index in [2.05, 4.69) is 40.5 Å². The fourth-order valence-corrected chi connectivity index (χ4v) is 5.21. The summed E-state index contributed by atoms with van der Waals surface area (Å²) >= 11 is 5.80. The van der Waals surface area contributed by atoms with Crippen LogP contribution in [0.2, 0.25) is 5.15 Å². The van der Waals surface area contributed by atoms with Gasteiger partial charge in [0.1, 0.15) is 28.4 Å². The van der Waals surface area contributed by atoms with E-state index in [0.29, 0.717) is 53.9 Å². The van der Waals surface area contributed by atoms with Crippen LogP contribution in [0.3, 0.4) is 0 Å². The van der Waals surface area contributed by atoms with Crippen LogP contribution in [0.4, 0.5) is 38.0 Å². The minimum absolute atomic E-state index is 0.0135. The third-order valence-electron chi connectivity index (χ3n) is 7.46. The Bertz CT molecular complexity index is 2430. The Balaban J connectivity index is 0.000000208. The molecule has 0 amide bonds. The second kappa shape index (κ2) is 17.2. The first-order valence-corrected chi connectivity index (χ1v) is 16.3. The minimum atomic E-state index is -1.30. The molecule has 54 heavy (non-hydrogen) atoms. The number of aromatic amines is 2. The van der Waals surface area contributed by atoms with E-state index in [1.54, 1.807) is 38.1 Å². The first kappa shape index (κ1) is 39.1. The number of hydrogen-bond acceptors (Lipinski definition) is 9. The summed E-state index contributed by atoms with van der Waals surface area (Å²) < 4.78 is 81.1. The van der Waals surface area contributed by atoms with Crippen molar-refractivity contribution in [3.05, 3.63) is 150 Å². The van der Waals surface area contributed by atoms with Crippen molar-refractivity contribution in [1.29, 1.82) is 0 Å². The molecule has 0 fully saturated rings. The van der Waals surface area contributed by atoms with Crippen LogP contribution < -0.4 is 21.8 Å². The van der Waals surface area contributed by atoms with Crippen LogP contribution in [-0.4, -0.2) is 48.1 Å². The molecular formula is C36H29ClF6N8O3. The normalized spacial score (nSPS) is 11.4. The maximum Gasteiger partial charge on any atom is 0.249 e. The standard InChI is InChI=1S/C18H14ClF3N4O.C18H15F3N4O2/c1-9-4-16(23-3-2-10-5-15(19)25-17(27)6-10)26-18(24-9)11-7-13(21)14(22)8-12(11)20;1-9-4-16(23-8-15(26)10-2-3-22-17(27)5-10)25-18(24-9)11-6-13(20)14(21)7-12(11)19/h4-8H,2-3H2,1H3,(H,25,27)(H,23,24,26);2-7,15,26H,8H2,1H3,(H,22,27)(H,23,24,25). The number of anilines is 2. The van der Waals surface area contributed by atoms with Crippen LogP contribution in [0, 0.1) is 48.8 Å². The van der Waals surface area contributed by atoms with Gasteiger partial charge in [-0.1, -0.05) is 11.6 Å². The average molecular weight is 771 g/mol. The lowest BCUT2D eigenvalue weighted by Gasteiger charge is -2.13. The third-order valence-corrected chi connectivity index (χ3v) is 7.67. The van der Waals surface area contributed by atoms with E-state index in [-0.39, 0.29) is 51.4 Å². The van der Waals surface area contributed by atoms with Gasteiger partial charge in [-0.05, 0) is 55.7 Å². The van der Waals surface area contributed by atoms with Crippen molar-refractivity contribution in [1.82, 2.24) is 29.9 Å². The molecule has 0 saturated carbocycles. The summed E-state index contributed by atoms with van der Waals surface area (Å²) in [4.78, 5) is 44.0. The van der Waals surface area contributed by atoms with Gasteiger partial charge < -0.3 is 25.7 Å². The van der Waals surface area contributed by atoms with Crippen LogP contribution in [-0.2, 0) is 6.42 Å². The van der Waals surface area contributed by atoms with E-state index in [0.717, 1.165) is 11.6 Å². The predicted molar refractivity (Wildman–Crippen MR) is 189 cm³/mol. The van der Waals surface area contributed by atoms with Crippen molar-refractivity contribution in [2.45, 2.75) is 26.4 Å². The van der Waals surface area contributed by atoms with Gasteiger partial charge in [-0.15, -0.1) is 0 Å². The van der Waals surface area contributed by atoms with Gasteiger partial charge in [0.15, 0.2) is 34.9 Å². The van der Waals surface area contributed by atoms with E-state index in [9.17, 15) is 41.0 Å². The molecule has 0 radical (unpaired) electrons. The zero-order chi connectivity index (χ0) is 39.1. The van der Waals surface area contributed by atoms with Crippen molar-refractivity contribution in [2.75, 3.05) is 23.7 Å². The number of aliphatic hydroxyl groups is 1. The Hall–Kier alpha value is -6.07. The lowest BCUT2D eigenvalue weighted by Crippen LogP contribution is -2.16. The highest BCUT2D eigenvalue weighted by atomic mass is 35.5. The quantitative estimate of drug-likeness (QED) is 0.0590. The van der Waals surface area contributed by atoms with Gasteiger partial charge in [-0.25, -0.2) is 46.3 Å². The molecule has 280 valence electrons. The number of aryl methyl sites for hydroxylation is 2. The topological polar surface area (TPSA) is 162 Å². The van der Waals surface area contributed by atoms with Gasteiger partial charge in [-0.2, -0.15) is 0 Å². The number of halogens is 7. The van der Waals surface area contributed by atoms with Crippen molar-refractivity contribution >= 4 is 23.2 Å². The van der Waals surface area contributed by atoms with Crippen LogP contribution in [0.15, 0.2) is 76.4 Å². The van der Waals surface area contributed by atoms with Gasteiger partial charge in [0.05, 0.1) is 17.2 Å². The molecule has 1 unspecified atom stereocenters. The third kappa shape index (κ3) is 10.3. The number of pyridine rings is 2. The van der Waals surface area contributed by atoms with Crippen LogP contribution >= 0.6 is 11.6 Å². The molecule has 11 nitrogen and oxygen atoms in total. The highest BCUT2D eigenvalue weighted by Crippen LogP contribution is 2.26. The molecule has 0 saturated heterocycles. The Morgan fingerprint density at radius 1 is 0.685 bits per heavy atom. The summed E-state index contributed by atoms with van der Waals surface area (Å²) in [6.45, 7) is 3.72. The zero-order valence-electron chi connectivity index (χ0n) is 28.2. The lowest BCUT2D eigenvalue weighted by molar-refractivity contribution is 0.191. The Kier molecular flexibility index (Phi) is 12.4. The average Bonchev–Trinajstić information content (AvgIpc) is 3.10. The molecule has 5 N–H and O–H groups in total. The van der Waals surface area contributed by atoms with Crippen molar-refractivity contribution in [3.8, 4) is 22.8 Å². The van der Waals surface area contributed by atoms with Gasteiger partial charge in [-0.3, -0.25) is 9.59 Å². The molecule has 0 bridgehead atoms. The van der Waals surface area contributed by atoms with Crippen molar-refractivity contribution in [2.24, 2.45) is 0 Å². The molecule has 1 atom stereocenters. The van der Waals surface area contributed by atoms with Crippen LogP contribution in [0.25, 0.3) is 22.8 Å². The van der Waals surface area contributed by atoms with Gasteiger partial charge in [0.2, 0.25) is 11.1 Å². The van der Waals surface area contributed by atoms with Crippen LogP contribution in [0.5, 0.6) is 0 Å². The molecule has 4 aromatic heterocycles. The monoisotopic (exact) mass is 770 g/mol. The first-order chi connectivity index (χ1) is 25.6. The Morgan fingerprint density at radius 2 is 1.22 bits per heavy atom. The molecule has 6 aromatic rings. The molecule has 0 spiro atoms. The van der Waals surface area contributed by atoms with E-state index in [1.165, 1.54) is 18.3 Å². The second-order valence-corrected chi connectivity index (χ2v) is 12.1. The van der Waals surface area contributed by atoms with Crippen LogP contribution in [0.1, 0.15) is 28.6 Å². The van der Waals surface area contributed by atoms with E-state index >= 15 is 0 Å². The molecule has 0 aliphatic carbocycles. The van der Waals surface area contributed by atoms with E-state index in [1.807, 2.05) is 0 Å². The fourth-order valence-electron chi connectivity index (χ4n) is 4.98. The highest BCUT2D eigenvalue weighted by molar-refractivity contribution is 6.29. The minimum Gasteiger partial charge on any atom is -0.387 e. The SMILES string of the molecule is Cc1cc(NCC(O)c2cc[nH]c(=O)c2)nc(-c2cc(F)c(F)cc2F)n1.Cc1cc(NCCc2cc(Cl)[nH]c(=O)c2)nc(-c2cc(F)c(F)cc2F)n1. The largest absolute Gasteiger partial charge is 0.387 e. The number of H-pyrrole nitrogens is 2. The number of aliphatic hydroxyl groups excluding tert-OH is 1. The summed E-state index contributed by atoms with van der Waals surface area (Å²) in [5, 5.41) is 16.3. The van der Waals surface area contributed by atoms with Gasteiger partial charge in [0, 0.05) is 67.1 Å². The van der Waals surface area contributed by atoms with Gasteiger partial charge >= 0.3 is 0 Å². The number of aromatic nitrogens is 6. The zero-order valence-corrected chi connectivity index (χ0v) is 29.0. The van der Waals surface area contributed by atoms with E-state index in [4.69, 9.17) is 11.6 Å². The maximum atomic E-state index is 14.0. The van der Waals surface area contributed by atoms with E-state index < -0.39 is 41.0 Å². The maximum absolute atomic E-state index is 14.0. The number of benzene rings is 2. The number of hydrogen-bond donors (Lipinski definition) is 5. The molecular weight excluding hydrogens is 742 g/mol. The fraction of sp³-hybridized carbons (Fsp3) is 0.167. The second-order valence-electron chi connectivity index (χ2n) is 11.7. The molecule has 4 heterocycles. The summed E-state index contributed by atoms with van der Waals surface area (Å²) in [5.74, 6) is -6.47. The highest BCUT2D eigenvalue weighted by Gasteiger charge is 2.17. The molecule has 0 aliphatic heterocycles. The summed E-state index contributed by atoms with van der Waals surface area (Å²) in [7, 11) is 0. The Labute approximate surface area is 307 Å². The smallest absolute Gasteiger partial charge is 0.249 e. The molecule has 0 aliphatic rings. The molecule has 2 aromatic carbocycles. The summed E-state index contributed by atoms with van der Waals surface area (Å²) in [5.41, 5.74) is 0.950. The van der Waals surface area contributed by atoms with Crippen molar-refractivity contribution < 1.29 is 31.4 Å². The lowest BCUT2D eigenvalue weighted by atomic mass is 10.1. The molecule has 18 heteroatoms.